The Labute approximate surface area is 120 Å². The summed E-state index contributed by atoms with van der Waals surface area (Å²) in [5.41, 5.74) is 4.77. The van der Waals surface area contributed by atoms with Crippen molar-refractivity contribution in [1.82, 2.24) is 0 Å². The summed E-state index contributed by atoms with van der Waals surface area (Å²) < 4.78 is 5.49. The highest BCUT2D eigenvalue weighted by molar-refractivity contribution is 5.40. The summed E-state index contributed by atoms with van der Waals surface area (Å²) >= 11 is 0. The van der Waals surface area contributed by atoms with Crippen LogP contribution in [0.1, 0.15) is 34.8 Å². The molecule has 1 atom stereocenters. The summed E-state index contributed by atoms with van der Waals surface area (Å²) in [6.07, 6.45) is 2.20. The van der Waals surface area contributed by atoms with Crippen LogP contribution in [-0.2, 0) is 12.8 Å². The highest BCUT2D eigenvalue weighted by Gasteiger charge is 2.15. The van der Waals surface area contributed by atoms with E-state index in [1.165, 1.54) is 16.7 Å². The summed E-state index contributed by atoms with van der Waals surface area (Å²) in [5.74, 6) is 0.972. The van der Waals surface area contributed by atoms with Crippen molar-refractivity contribution in [2.24, 2.45) is 0 Å². The van der Waals surface area contributed by atoms with Gasteiger partial charge in [-0.25, -0.2) is 0 Å². The number of ether oxygens (including phenoxy) is 1. The average molecular weight is 268 g/mol. The van der Waals surface area contributed by atoms with Gasteiger partial charge in [-0.15, -0.1) is 0 Å². The fourth-order valence-electron chi connectivity index (χ4n) is 2.64. The number of benzene rings is 2. The van der Waals surface area contributed by atoms with E-state index in [4.69, 9.17) is 4.74 Å². The molecular formula is C18H20O2. The van der Waals surface area contributed by atoms with E-state index in [9.17, 15) is 5.11 Å². The molecule has 2 aromatic rings. The number of fused-ring (bicyclic) bond motifs is 1. The summed E-state index contributed by atoms with van der Waals surface area (Å²) in [7, 11) is 0. The largest absolute Gasteiger partial charge is 0.493 e. The van der Waals surface area contributed by atoms with Crippen molar-refractivity contribution in [3.63, 3.8) is 0 Å². The molecule has 0 saturated carbocycles. The van der Waals surface area contributed by atoms with Crippen molar-refractivity contribution in [3.8, 4) is 5.75 Å². The van der Waals surface area contributed by atoms with E-state index in [2.05, 4.69) is 37.3 Å². The summed E-state index contributed by atoms with van der Waals surface area (Å²) in [5, 5.41) is 10.3. The van der Waals surface area contributed by atoms with Gasteiger partial charge < -0.3 is 9.84 Å². The van der Waals surface area contributed by atoms with Gasteiger partial charge >= 0.3 is 0 Å². The van der Waals surface area contributed by atoms with Crippen molar-refractivity contribution < 1.29 is 9.84 Å². The van der Waals surface area contributed by atoms with Gasteiger partial charge in [0.25, 0.3) is 0 Å². The van der Waals surface area contributed by atoms with Gasteiger partial charge in [0.1, 0.15) is 5.75 Å². The molecule has 1 aliphatic rings. The predicted octanol–water partition coefficient (Wildman–Crippen LogP) is 3.60. The maximum absolute atomic E-state index is 10.3. The Morgan fingerprint density at radius 2 is 1.95 bits per heavy atom. The molecule has 2 heteroatoms. The van der Waals surface area contributed by atoms with Crippen LogP contribution in [0.25, 0.3) is 0 Å². The Morgan fingerprint density at radius 3 is 2.75 bits per heavy atom. The van der Waals surface area contributed by atoms with Crippen molar-refractivity contribution in [1.29, 1.82) is 0 Å². The highest BCUT2D eigenvalue weighted by Crippen LogP contribution is 2.29. The van der Waals surface area contributed by atoms with Gasteiger partial charge in [0.05, 0.1) is 12.7 Å². The Morgan fingerprint density at radius 1 is 1.15 bits per heavy atom. The number of rotatable bonds is 4. The zero-order chi connectivity index (χ0) is 13.9. The fraction of sp³-hybridized carbons (Fsp3) is 0.333. The second-order valence-electron chi connectivity index (χ2n) is 5.51. The first kappa shape index (κ1) is 13.2. The van der Waals surface area contributed by atoms with Gasteiger partial charge in [0, 0.05) is 6.42 Å². The van der Waals surface area contributed by atoms with Crippen molar-refractivity contribution in [2.75, 3.05) is 6.61 Å². The first-order valence-corrected chi connectivity index (χ1v) is 7.21. The second-order valence-corrected chi connectivity index (χ2v) is 5.51. The van der Waals surface area contributed by atoms with Crippen LogP contribution in [-0.4, -0.2) is 11.7 Å². The maximum Gasteiger partial charge on any atom is 0.122 e. The van der Waals surface area contributed by atoms with Crippen molar-refractivity contribution >= 4 is 0 Å². The molecule has 0 aliphatic carbocycles. The fourth-order valence-corrected chi connectivity index (χ4v) is 2.64. The van der Waals surface area contributed by atoms with Gasteiger partial charge in [-0.3, -0.25) is 0 Å². The van der Waals surface area contributed by atoms with Gasteiger partial charge in [0.2, 0.25) is 0 Å². The number of hydrogen-bond acceptors (Lipinski definition) is 2. The molecule has 20 heavy (non-hydrogen) atoms. The van der Waals surface area contributed by atoms with Crippen molar-refractivity contribution in [3.05, 3.63) is 64.7 Å². The van der Waals surface area contributed by atoms with Gasteiger partial charge in [0.15, 0.2) is 0 Å². The Balaban J connectivity index is 1.64. The number of aliphatic hydroxyl groups excluding tert-OH is 1. The lowest BCUT2D eigenvalue weighted by Crippen LogP contribution is -2.00. The minimum Gasteiger partial charge on any atom is -0.493 e. The summed E-state index contributed by atoms with van der Waals surface area (Å²) in [6, 6.07) is 14.6. The smallest absolute Gasteiger partial charge is 0.122 e. The van der Waals surface area contributed by atoms with E-state index < -0.39 is 6.10 Å². The highest BCUT2D eigenvalue weighted by atomic mass is 16.5. The van der Waals surface area contributed by atoms with Gasteiger partial charge in [-0.2, -0.15) is 0 Å². The van der Waals surface area contributed by atoms with Crippen LogP contribution in [0.15, 0.2) is 42.5 Å². The standard InChI is InChI=1S/C18H20O2/c1-13-2-4-14(5-3-13)6-8-17(19)15-7-9-18-16(12-15)10-11-20-18/h2-5,7,9,12,17,19H,6,8,10-11H2,1H3. The zero-order valence-corrected chi connectivity index (χ0v) is 11.8. The number of hydrogen-bond donors (Lipinski definition) is 1. The van der Waals surface area contributed by atoms with Gasteiger partial charge in [-0.1, -0.05) is 35.9 Å². The zero-order valence-electron chi connectivity index (χ0n) is 11.8. The predicted molar refractivity (Wildman–Crippen MR) is 80.1 cm³/mol. The summed E-state index contributed by atoms with van der Waals surface area (Å²) in [4.78, 5) is 0. The number of aliphatic hydroxyl groups is 1. The lowest BCUT2D eigenvalue weighted by Gasteiger charge is -2.12. The van der Waals surface area contributed by atoms with E-state index in [1.807, 2.05) is 12.1 Å². The van der Waals surface area contributed by atoms with Crippen molar-refractivity contribution in [2.45, 2.75) is 32.3 Å². The Hall–Kier alpha value is -1.80. The van der Waals surface area contributed by atoms with Gasteiger partial charge in [-0.05, 0) is 48.6 Å². The third-order valence-electron chi connectivity index (χ3n) is 3.93. The third-order valence-corrected chi connectivity index (χ3v) is 3.93. The molecule has 0 bridgehead atoms. The van der Waals surface area contributed by atoms with E-state index in [1.54, 1.807) is 0 Å². The average Bonchev–Trinajstić information content (AvgIpc) is 2.93. The minimum atomic E-state index is -0.401. The molecule has 104 valence electrons. The molecule has 3 rings (SSSR count). The SMILES string of the molecule is Cc1ccc(CCC(O)c2ccc3c(c2)CCO3)cc1. The quantitative estimate of drug-likeness (QED) is 0.918. The van der Waals surface area contributed by atoms with Crippen LogP contribution in [0, 0.1) is 6.92 Å². The van der Waals surface area contributed by atoms with E-state index >= 15 is 0 Å². The van der Waals surface area contributed by atoms with E-state index in [-0.39, 0.29) is 0 Å². The Kier molecular flexibility index (Phi) is 3.75. The summed E-state index contributed by atoms with van der Waals surface area (Å²) in [6.45, 7) is 2.85. The first-order valence-electron chi connectivity index (χ1n) is 7.21. The lowest BCUT2D eigenvalue weighted by molar-refractivity contribution is 0.168. The van der Waals surface area contributed by atoms with E-state index in [0.717, 1.165) is 37.2 Å². The molecule has 2 nitrogen and oxygen atoms in total. The third kappa shape index (κ3) is 2.86. The van der Waals surface area contributed by atoms with Crippen LogP contribution in [0.3, 0.4) is 0 Å². The molecule has 0 spiro atoms. The molecule has 2 aromatic carbocycles. The Bertz CT molecular complexity index is 587. The molecule has 0 radical (unpaired) electrons. The number of aryl methyl sites for hydroxylation is 2. The van der Waals surface area contributed by atoms with Crippen LogP contribution < -0.4 is 4.74 Å². The van der Waals surface area contributed by atoms with Crippen LogP contribution in [0.2, 0.25) is 0 Å². The monoisotopic (exact) mass is 268 g/mol. The molecular weight excluding hydrogens is 248 g/mol. The minimum absolute atomic E-state index is 0.401. The molecule has 0 amide bonds. The molecule has 1 N–H and O–H groups in total. The molecule has 0 aromatic heterocycles. The molecule has 0 saturated heterocycles. The molecule has 1 unspecified atom stereocenters. The normalized spacial score (nSPS) is 14.7. The lowest BCUT2D eigenvalue weighted by atomic mass is 9.99. The topological polar surface area (TPSA) is 29.5 Å². The van der Waals surface area contributed by atoms with Crippen LogP contribution in [0.4, 0.5) is 0 Å². The van der Waals surface area contributed by atoms with Crippen LogP contribution >= 0.6 is 0 Å². The molecule has 1 aliphatic heterocycles. The maximum atomic E-state index is 10.3. The molecule has 0 fully saturated rings. The molecule has 1 heterocycles. The van der Waals surface area contributed by atoms with E-state index in [0.29, 0.717) is 0 Å². The van der Waals surface area contributed by atoms with Crippen LogP contribution in [0.5, 0.6) is 5.75 Å². The first-order chi connectivity index (χ1) is 9.72. The second kappa shape index (κ2) is 5.68.